The number of carbonyl (C=O) groups excluding carboxylic acids is 1. The van der Waals surface area contributed by atoms with Crippen LogP contribution in [0.2, 0.25) is 0 Å². The highest BCUT2D eigenvalue weighted by atomic mass is 32.2. The van der Waals surface area contributed by atoms with Crippen molar-refractivity contribution < 1.29 is 22.7 Å². The maximum Gasteiger partial charge on any atom is 0.265 e. The second-order valence-corrected chi connectivity index (χ2v) is 11.2. The van der Waals surface area contributed by atoms with Gasteiger partial charge in [-0.25, -0.2) is 8.42 Å². The monoisotopic (exact) mass is 489 g/mol. The highest BCUT2D eigenvalue weighted by molar-refractivity contribution is 7.89. The van der Waals surface area contributed by atoms with Crippen molar-refractivity contribution in [2.75, 3.05) is 31.6 Å². The molecule has 1 aliphatic carbocycles. The van der Waals surface area contributed by atoms with Crippen molar-refractivity contribution in [2.45, 2.75) is 50.0 Å². The standard InChI is InChI=1S/C23H27N3O5S2/c1-16(22(27)25-23-20(15-24)19-5-3-2-4-6-21(19)32-23)31-17-7-9-18(10-8-17)33(28,29)26-11-13-30-14-12-26/h7-10,16H,2-6,11-14H2,1H3,(H,25,27). The maximum absolute atomic E-state index is 12.7. The van der Waals surface area contributed by atoms with E-state index in [2.05, 4.69) is 11.4 Å². The number of ether oxygens (including phenoxy) is 2. The van der Waals surface area contributed by atoms with Gasteiger partial charge in [-0.3, -0.25) is 4.79 Å². The van der Waals surface area contributed by atoms with Gasteiger partial charge in [0.25, 0.3) is 5.91 Å². The Morgan fingerprint density at radius 1 is 1.18 bits per heavy atom. The number of benzene rings is 1. The smallest absolute Gasteiger partial charge is 0.265 e. The summed E-state index contributed by atoms with van der Waals surface area (Å²) in [5.41, 5.74) is 1.64. The first-order valence-corrected chi connectivity index (χ1v) is 13.4. The molecule has 1 unspecified atom stereocenters. The van der Waals surface area contributed by atoms with Crippen molar-refractivity contribution in [1.82, 2.24) is 4.31 Å². The van der Waals surface area contributed by atoms with Crippen molar-refractivity contribution in [3.8, 4) is 11.8 Å². The van der Waals surface area contributed by atoms with Gasteiger partial charge in [0.2, 0.25) is 10.0 Å². The molecule has 1 atom stereocenters. The van der Waals surface area contributed by atoms with Gasteiger partial charge in [0.1, 0.15) is 16.8 Å². The molecule has 10 heteroatoms. The van der Waals surface area contributed by atoms with E-state index >= 15 is 0 Å². The number of hydrogen-bond donors (Lipinski definition) is 1. The van der Waals surface area contributed by atoms with Crippen LogP contribution in [0.1, 0.15) is 42.2 Å². The number of carbonyl (C=O) groups is 1. The summed E-state index contributed by atoms with van der Waals surface area (Å²) in [5.74, 6) is 0.0361. The summed E-state index contributed by atoms with van der Waals surface area (Å²) < 4.78 is 37.8. The number of amides is 1. The lowest BCUT2D eigenvalue weighted by atomic mass is 10.1. The predicted molar refractivity (Wildman–Crippen MR) is 125 cm³/mol. The Bertz CT molecular complexity index is 1150. The molecule has 1 aromatic heterocycles. The normalized spacial score (nSPS) is 17.9. The number of nitriles is 1. The maximum atomic E-state index is 12.7. The Balaban J connectivity index is 1.41. The quantitative estimate of drug-likeness (QED) is 0.624. The van der Waals surface area contributed by atoms with Crippen molar-refractivity contribution >= 4 is 32.3 Å². The molecule has 1 aromatic carbocycles. The minimum Gasteiger partial charge on any atom is -0.481 e. The van der Waals surface area contributed by atoms with Crippen LogP contribution in [0.5, 0.6) is 5.75 Å². The number of morpholine rings is 1. The van der Waals surface area contributed by atoms with Gasteiger partial charge in [0.05, 0.1) is 23.7 Å². The lowest BCUT2D eigenvalue weighted by Crippen LogP contribution is -2.40. The zero-order valence-corrected chi connectivity index (χ0v) is 20.1. The second kappa shape index (κ2) is 10.2. The van der Waals surface area contributed by atoms with Gasteiger partial charge < -0.3 is 14.8 Å². The van der Waals surface area contributed by atoms with Gasteiger partial charge in [0, 0.05) is 18.0 Å². The number of anilines is 1. The van der Waals surface area contributed by atoms with E-state index in [-0.39, 0.29) is 10.8 Å². The fourth-order valence-electron chi connectivity index (χ4n) is 4.05. The summed E-state index contributed by atoms with van der Waals surface area (Å²) in [6.45, 7) is 3.04. The topological polar surface area (TPSA) is 109 Å². The van der Waals surface area contributed by atoms with E-state index < -0.39 is 16.1 Å². The molecular formula is C23H27N3O5S2. The SMILES string of the molecule is CC(Oc1ccc(S(=O)(=O)N2CCOCC2)cc1)C(=O)Nc1sc2c(c1C#N)CCCCC2. The highest BCUT2D eigenvalue weighted by Gasteiger charge is 2.27. The van der Waals surface area contributed by atoms with E-state index in [1.807, 2.05) is 0 Å². The van der Waals surface area contributed by atoms with Crippen LogP contribution in [0.15, 0.2) is 29.2 Å². The van der Waals surface area contributed by atoms with Crippen molar-refractivity contribution in [3.63, 3.8) is 0 Å². The molecule has 1 aliphatic heterocycles. The average molecular weight is 490 g/mol. The molecule has 0 bridgehead atoms. The third kappa shape index (κ3) is 5.22. The lowest BCUT2D eigenvalue weighted by Gasteiger charge is -2.26. The third-order valence-electron chi connectivity index (χ3n) is 5.88. The number of aryl methyl sites for hydroxylation is 1. The van der Waals surface area contributed by atoms with Gasteiger partial charge >= 0.3 is 0 Å². The number of nitrogens with zero attached hydrogens (tertiary/aromatic N) is 2. The van der Waals surface area contributed by atoms with E-state index in [4.69, 9.17) is 9.47 Å². The molecule has 2 aliphatic rings. The van der Waals surface area contributed by atoms with Crippen LogP contribution >= 0.6 is 11.3 Å². The Labute approximate surface area is 198 Å². The zero-order chi connectivity index (χ0) is 23.4. The minimum absolute atomic E-state index is 0.174. The summed E-state index contributed by atoms with van der Waals surface area (Å²) in [6, 6.07) is 8.31. The van der Waals surface area contributed by atoms with Crippen LogP contribution in [0.4, 0.5) is 5.00 Å². The Morgan fingerprint density at radius 3 is 2.58 bits per heavy atom. The zero-order valence-electron chi connectivity index (χ0n) is 18.5. The summed E-state index contributed by atoms with van der Waals surface area (Å²) >= 11 is 1.48. The molecule has 2 heterocycles. The number of fused-ring (bicyclic) bond motifs is 1. The second-order valence-electron chi connectivity index (χ2n) is 8.12. The van der Waals surface area contributed by atoms with E-state index in [1.54, 1.807) is 19.1 Å². The molecule has 0 spiro atoms. The van der Waals surface area contributed by atoms with Crippen LogP contribution in [-0.2, 0) is 32.4 Å². The molecule has 8 nitrogen and oxygen atoms in total. The lowest BCUT2D eigenvalue weighted by molar-refractivity contribution is -0.122. The molecular weight excluding hydrogens is 462 g/mol. The van der Waals surface area contributed by atoms with Gasteiger partial charge in [-0.15, -0.1) is 11.3 Å². The number of nitrogens with one attached hydrogen (secondary N) is 1. The first-order chi connectivity index (χ1) is 15.9. The summed E-state index contributed by atoms with van der Waals surface area (Å²) in [6.07, 6.45) is 4.31. The van der Waals surface area contributed by atoms with Crippen LogP contribution < -0.4 is 10.1 Å². The first kappa shape index (κ1) is 23.7. The molecule has 1 N–H and O–H groups in total. The van der Waals surface area contributed by atoms with Crippen molar-refractivity contribution in [2.24, 2.45) is 0 Å². The van der Waals surface area contributed by atoms with E-state index in [1.165, 1.54) is 32.7 Å². The largest absolute Gasteiger partial charge is 0.481 e. The van der Waals surface area contributed by atoms with Crippen LogP contribution in [0, 0.1) is 11.3 Å². The molecule has 33 heavy (non-hydrogen) atoms. The third-order valence-corrected chi connectivity index (χ3v) is 9.00. The first-order valence-electron chi connectivity index (χ1n) is 11.1. The number of rotatable bonds is 6. The van der Waals surface area contributed by atoms with E-state index in [0.29, 0.717) is 42.6 Å². The van der Waals surface area contributed by atoms with E-state index in [9.17, 15) is 18.5 Å². The minimum atomic E-state index is -3.59. The number of hydrogen-bond acceptors (Lipinski definition) is 7. The molecule has 0 radical (unpaired) electrons. The predicted octanol–water partition coefficient (Wildman–Crippen LogP) is 3.32. The Kier molecular flexibility index (Phi) is 7.34. The molecule has 2 aromatic rings. The number of thiophene rings is 1. The fourth-order valence-corrected chi connectivity index (χ4v) is 6.70. The van der Waals surface area contributed by atoms with E-state index in [0.717, 1.165) is 37.7 Å². The molecule has 4 rings (SSSR count). The summed E-state index contributed by atoms with van der Waals surface area (Å²) in [4.78, 5) is 14.1. The Hall–Kier alpha value is -2.45. The average Bonchev–Trinajstić information content (AvgIpc) is 2.98. The van der Waals surface area contributed by atoms with Crippen molar-refractivity contribution in [1.29, 1.82) is 5.26 Å². The van der Waals surface area contributed by atoms with Gasteiger partial charge in [-0.1, -0.05) is 6.42 Å². The van der Waals surface area contributed by atoms with Crippen LogP contribution in [-0.4, -0.2) is 51.0 Å². The summed E-state index contributed by atoms with van der Waals surface area (Å²) in [7, 11) is -3.59. The van der Waals surface area contributed by atoms with Gasteiger partial charge in [-0.2, -0.15) is 9.57 Å². The molecule has 176 valence electrons. The van der Waals surface area contributed by atoms with Gasteiger partial charge in [0.15, 0.2) is 6.10 Å². The number of sulfonamides is 1. The highest BCUT2D eigenvalue weighted by Crippen LogP contribution is 2.37. The molecule has 1 fully saturated rings. The van der Waals surface area contributed by atoms with Crippen LogP contribution in [0.25, 0.3) is 0 Å². The summed E-state index contributed by atoms with van der Waals surface area (Å²) in [5, 5.41) is 13.1. The van der Waals surface area contributed by atoms with Crippen molar-refractivity contribution in [3.05, 3.63) is 40.3 Å². The molecule has 1 saturated heterocycles. The Morgan fingerprint density at radius 2 is 1.88 bits per heavy atom. The molecule has 0 saturated carbocycles. The molecule has 1 amide bonds. The van der Waals surface area contributed by atoms with Gasteiger partial charge in [-0.05, 0) is 62.4 Å². The fraction of sp³-hybridized carbons (Fsp3) is 0.478. The van der Waals surface area contributed by atoms with Crippen LogP contribution in [0.3, 0.4) is 0 Å².